The monoisotopic (exact) mass is 480 g/mol. The number of carbonyl (C=O) groups excluding carboxylic acids is 2. The van der Waals surface area contributed by atoms with E-state index in [1.807, 2.05) is 36.4 Å². The van der Waals surface area contributed by atoms with E-state index in [1.54, 1.807) is 31.4 Å². The molecule has 8 nitrogen and oxygen atoms in total. The van der Waals surface area contributed by atoms with E-state index in [9.17, 15) is 9.59 Å². The number of hydrogen-bond acceptors (Lipinski definition) is 8. The molecule has 1 aromatic heterocycles. The van der Waals surface area contributed by atoms with Gasteiger partial charge in [-0.2, -0.15) is 0 Å². The van der Waals surface area contributed by atoms with E-state index in [0.29, 0.717) is 32.2 Å². The molecule has 0 saturated heterocycles. The SMILES string of the molecule is COc1ccc(NC(=O)CSc2nnc(NC(=O)c3cccc4ccccc34)s2)cc1OC. The number of anilines is 2. The van der Waals surface area contributed by atoms with Crippen LogP contribution >= 0.6 is 23.1 Å². The lowest BCUT2D eigenvalue weighted by molar-refractivity contribution is -0.113. The van der Waals surface area contributed by atoms with Gasteiger partial charge in [-0.15, -0.1) is 10.2 Å². The molecule has 33 heavy (non-hydrogen) atoms. The van der Waals surface area contributed by atoms with Gasteiger partial charge in [-0.05, 0) is 29.0 Å². The highest BCUT2D eigenvalue weighted by Crippen LogP contribution is 2.30. The fourth-order valence-corrected chi connectivity index (χ4v) is 4.69. The molecule has 0 unspecified atom stereocenters. The predicted octanol–water partition coefficient (Wildman–Crippen LogP) is 4.69. The zero-order chi connectivity index (χ0) is 23.2. The van der Waals surface area contributed by atoms with E-state index in [0.717, 1.165) is 10.8 Å². The molecule has 3 aromatic carbocycles. The summed E-state index contributed by atoms with van der Waals surface area (Å²) in [6.07, 6.45) is 0. The number of fused-ring (bicyclic) bond motifs is 1. The van der Waals surface area contributed by atoms with Crippen LogP contribution in [0.1, 0.15) is 10.4 Å². The second-order valence-electron chi connectivity index (χ2n) is 6.76. The highest BCUT2D eigenvalue weighted by atomic mass is 32.2. The van der Waals surface area contributed by atoms with Gasteiger partial charge in [0.2, 0.25) is 11.0 Å². The van der Waals surface area contributed by atoms with Crippen molar-refractivity contribution in [2.24, 2.45) is 0 Å². The normalized spacial score (nSPS) is 10.6. The number of amides is 2. The van der Waals surface area contributed by atoms with Crippen LogP contribution in [-0.4, -0.2) is 42.0 Å². The number of carbonyl (C=O) groups is 2. The van der Waals surface area contributed by atoms with Crippen molar-refractivity contribution >= 4 is 56.5 Å². The summed E-state index contributed by atoms with van der Waals surface area (Å²) in [6, 6.07) is 18.4. The fraction of sp³-hybridized carbons (Fsp3) is 0.130. The number of ether oxygens (including phenoxy) is 2. The van der Waals surface area contributed by atoms with Gasteiger partial charge in [0.15, 0.2) is 15.8 Å². The second kappa shape index (κ2) is 10.3. The summed E-state index contributed by atoms with van der Waals surface area (Å²) in [5.74, 6) is 0.783. The molecule has 10 heteroatoms. The summed E-state index contributed by atoms with van der Waals surface area (Å²) in [5.41, 5.74) is 1.16. The predicted molar refractivity (Wildman–Crippen MR) is 131 cm³/mol. The van der Waals surface area contributed by atoms with Crippen molar-refractivity contribution in [2.45, 2.75) is 4.34 Å². The molecule has 4 aromatic rings. The molecular formula is C23H20N4O4S2. The molecule has 0 atom stereocenters. The molecule has 0 fully saturated rings. The Morgan fingerprint density at radius 3 is 2.55 bits per heavy atom. The van der Waals surface area contributed by atoms with E-state index >= 15 is 0 Å². The summed E-state index contributed by atoms with van der Waals surface area (Å²) in [6.45, 7) is 0. The Labute approximate surface area is 198 Å². The van der Waals surface area contributed by atoms with Crippen molar-refractivity contribution in [1.29, 1.82) is 0 Å². The number of benzene rings is 3. The lowest BCUT2D eigenvalue weighted by Gasteiger charge is -2.10. The van der Waals surface area contributed by atoms with Crippen LogP contribution in [0.5, 0.6) is 11.5 Å². The van der Waals surface area contributed by atoms with Gasteiger partial charge in [0.05, 0.1) is 20.0 Å². The van der Waals surface area contributed by atoms with Crippen LogP contribution in [0.3, 0.4) is 0 Å². The first-order valence-electron chi connectivity index (χ1n) is 9.84. The first kappa shape index (κ1) is 22.6. The summed E-state index contributed by atoms with van der Waals surface area (Å²) < 4.78 is 11.0. The number of nitrogens with one attached hydrogen (secondary N) is 2. The fourth-order valence-electron chi connectivity index (χ4n) is 3.14. The Kier molecular flexibility index (Phi) is 7.06. The highest BCUT2D eigenvalue weighted by Gasteiger charge is 2.14. The topological polar surface area (TPSA) is 102 Å². The quantitative estimate of drug-likeness (QED) is 0.279. The average Bonchev–Trinajstić information content (AvgIpc) is 3.29. The molecule has 0 aliphatic carbocycles. The second-order valence-corrected chi connectivity index (χ2v) is 8.96. The molecule has 0 bridgehead atoms. The zero-order valence-electron chi connectivity index (χ0n) is 17.8. The molecule has 168 valence electrons. The van der Waals surface area contributed by atoms with Crippen LogP contribution in [0.4, 0.5) is 10.8 Å². The van der Waals surface area contributed by atoms with E-state index in [2.05, 4.69) is 20.8 Å². The minimum atomic E-state index is -0.259. The van der Waals surface area contributed by atoms with Crippen LogP contribution in [0.25, 0.3) is 10.8 Å². The van der Waals surface area contributed by atoms with E-state index in [-0.39, 0.29) is 17.6 Å². The van der Waals surface area contributed by atoms with Gasteiger partial charge in [-0.3, -0.25) is 14.9 Å². The van der Waals surface area contributed by atoms with Crippen molar-refractivity contribution in [1.82, 2.24) is 10.2 Å². The van der Waals surface area contributed by atoms with Crippen molar-refractivity contribution in [3.63, 3.8) is 0 Å². The Balaban J connectivity index is 1.34. The molecule has 1 heterocycles. The third kappa shape index (κ3) is 5.41. The third-order valence-corrected chi connectivity index (χ3v) is 6.63. The first-order chi connectivity index (χ1) is 16.1. The van der Waals surface area contributed by atoms with Gasteiger partial charge >= 0.3 is 0 Å². The van der Waals surface area contributed by atoms with Crippen molar-refractivity contribution < 1.29 is 19.1 Å². The summed E-state index contributed by atoms with van der Waals surface area (Å²) >= 11 is 2.45. The lowest BCUT2D eigenvalue weighted by Crippen LogP contribution is -2.14. The molecule has 0 aliphatic rings. The van der Waals surface area contributed by atoms with Crippen LogP contribution in [0, 0.1) is 0 Å². The number of rotatable bonds is 8. The zero-order valence-corrected chi connectivity index (χ0v) is 19.5. The van der Waals surface area contributed by atoms with Gasteiger partial charge in [-0.25, -0.2) is 0 Å². The maximum absolute atomic E-state index is 12.7. The van der Waals surface area contributed by atoms with Crippen LogP contribution in [-0.2, 0) is 4.79 Å². The third-order valence-electron chi connectivity index (χ3n) is 4.66. The van der Waals surface area contributed by atoms with E-state index in [4.69, 9.17) is 9.47 Å². The van der Waals surface area contributed by atoms with E-state index in [1.165, 1.54) is 30.2 Å². The number of thioether (sulfide) groups is 1. The Hall–Kier alpha value is -3.63. The van der Waals surface area contributed by atoms with Crippen molar-refractivity contribution in [3.8, 4) is 11.5 Å². The molecule has 0 radical (unpaired) electrons. The average molecular weight is 481 g/mol. The maximum Gasteiger partial charge on any atom is 0.258 e. The van der Waals surface area contributed by atoms with Crippen LogP contribution in [0.15, 0.2) is 65.0 Å². The smallest absolute Gasteiger partial charge is 0.258 e. The number of aromatic nitrogens is 2. The number of nitrogens with zero attached hydrogens (tertiary/aromatic N) is 2. The van der Waals surface area contributed by atoms with Crippen LogP contribution in [0.2, 0.25) is 0 Å². The van der Waals surface area contributed by atoms with Gasteiger partial charge in [-0.1, -0.05) is 59.5 Å². The molecular weight excluding hydrogens is 460 g/mol. The largest absolute Gasteiger partial charge is 0.493 e. The minimum absolute atomic E-state index is 0.139. The number of methoxy groups -OCH3 is 2. The Morgan fingerprint density at radius 2 is 1.73 bits per heavy atom. The molecule has 0 aliphatic heterocycles. The standard InChI is InChI=1S/C23H20N4O4S2/c1-30-18-11-10-15(12-19(18)31-2)24-20(28)13-32-23-27-26-22(33-23)25-21(29)17-9-5-7-14-6-3-4-8-16(14)17/h3-12H,13H2,1-2H3,(H,24,28)(H,25,26,29). The van der Waals surface area contributed by atoms with Gasteiger partial charge in [0, 0.05) is 17.3 Å². The molecule has 2 amide bonds. The number of hydrogen-bond donors (Lipinski definition) is 2. The van der Waals surface area contributed by atoms with Crippen molar-refractivity contribution in [2.75, 3.05) is 30.6 Å². The van der Waals surface area contributed by atoms with Crippen molar-refractivity contribution in [3.05, 3.63) is 66.2 Å². The van der Waals surface area contributed by atoms with Gasteiger partial charge < -0.3 is 14.8 Å². The molecule has 0 saturated carbocycles. The Morgan fingerprint density at radius 1 is 0.939 bits per heavy atom. The molecule has 2 N–H and O–H groups in total. The Bertz CT molecular complexity index is 1300. The lowest BCUT2D eigenvalue weighted by atomic mass is 10.0. The highest BCUT2D eigenvalue weighted by molar-refractivity contribution is 8.01. The van der Waals surface area contributed by atoms with Gasteiger partial charge in [0.1, 0.15) is 0 Å². The maximum atomic E-state index is 12.7. The van der Waals surface area contributed by atoms with Crippen LogP contribution < -0.4 is 20.1 Å². The first-order valence-corrected chi connectivity index (χ1v) is 11.6. The van der Waals surface area contributed by atoms with Gasteiger partial charge in [0.25, 0.3) is 5.91 Å². The summed E-state index contributed by atoms with van der Waals surface area (Å²) in [5, 5.41) is 15.9. The minimum Gasteiger partial charge on any atom is -0.493 e. The molecule has 4 rings (SSSR count). The summed E-state index contributed by atoms with van der Waals surface area (Å²) in [4.78, 5) is 25.1. The molecule has 0 spiro atoms. The van der Waals surface area contributed by atoms with E-state index < -0.39 is 0 Å². The summed E-state index contributed by atoms with van der Waals surface area (Å²) in [7, 11) is 3.08.